The van der Waals surface area contributed by atoms with Crippen LogP contribution in [0.15, 0.2) is 24.3 Å². The van der Waals surface area contributed by atoms with E-state index in [9.17, 15) is 0 Å². The number of benzene rings is 1. The molecule has 17 heavy (non-hydrogen) atoms. The topological polar surface area (TPSA) is 30.7 Å². The third kappa shape index (κ3) is 2.50. The van der Waals surface area contributed by atoms with Crippen LogP contribution in [-0.2, 0) is 0 Å². The zero-order chi connectivity index (χ0) is 12.4. The van der Waals surface area contributed by atoms with Gasteiger partial charge in [-0.2, -0.15) is 0 Å². The molecule has 0 fully saturated rings. The highest BCUT2D eigenvalue weighted by Crippen LogP contribution is 2.20. The van der Waals surface area contributed by atoms with Crippen molar-refractivity contribution in [2.24, 2.45) is 0 Å². The van der Waals surface area contributed by atoms with Crippen molar-refractivity contribution in [1.29, 1.82) is 0 Å². The minimum Gasteiger partial charge on any atom is -0.203 e. The highest BCUT2D eigenvalue weighted by atomic mass is 35.5. The van der Waals surface area contributed by atoms with Crippen molar-refractivity contribution >= 4 is 11.6 Å². The molecule has 90 valence electrons. The van der Waals surface area contributed by atoms with E-state index in [0.29, 0.717) is 11.2 Å². The van der Waals surface area contributed by atoms with Crippen LogP contribution in [0.2, 0.25) is 5.28 Å². The van der Waals surface area contributed by atoms with Crippen LogP contribution in [0.4, 0.5) is 0 Å². The normalized spacial score (nSPS) is 12.7. The number of aryl methyl sites for hydroxylation is 1. The minimum absolute atomic E-state index is 0.333. The number of rotatable bonds is 3. The Morgan fingerprint density at radius 2 is 1.94 bits per heavy atom. The van der Waals surface area contributed by atoms with E-state index in [0.717, 1.165) is 17.9 Å². The fourth-order valence-electron chi connectivity index (χ4n) is 1.55. The van der Waals surface area contributed by atoms with Gasteiger partial charge >= 0.3 is 0 Å². The molecule has 0 aliphatic carbocycles. The zero-order valence-corrected chi connectivity index (χ0v) is 11.1. The smallest absolute Gasteiger partial charge is 0.203 e. The van der Waals surface area contributed by atoms with Crippen LogP contribution < -0.4 is 0 Å². The third-order valence-corrected chi connectivity index (χ3v) is 3.16. The van der Waals surface area contributed by atoms with Gasteiger partial charge in [-0.15, -0.1) is 5.10 Å². The Morgan fingerprint density at radius 1 is 1.29 bits per heavy atom. The van der Waals surface area contributed by atoms with Crippen LogP contribution in [0.25, 0.3) is 5.69 Å². The SMILES string of the molecule is CC[C@@H](C)c1nc(Cl)n(-c2ccc(C)cc2)n1. The molecule has 1 atom stereocenters. The second-order valence-corrected chi connectivity index (χ2v) is 4.63. The minimum atomic E-state index is 0.333. The first-order chi connectivity index (χ1) is 8.11. The van der Waals surface area contributed by atoms with E-state index in [2.05, 4.69) is 30.9 Å². The van der Waals surface area contributed by atoms with Gasteiger partial charge in [0.1, 0.15) is 0 Å². The van der Waals surface area contributed by atoms with Crippen molar-refractivity contribution in [2.75, 3.05) is 0 Å². The van der Waals surface area contributed by atoms with Crippen LogP contribution in [0.1, 0.15) is 37.6 Å². The van der Waals surface area contributed by atoms with Crippen molar-refractivity contribution in [3.63, 3.8) is 0 Å². The fourth-order valence-corrected chi connectivity index (χ4v) is 1.77. The summed E-state index contributed by atoms with van der Waals surface area (Å²) < 4.78 is 1.68. The first kappa shape index (κ1) is 12.1. The summed E-state index contributed by atoms with van der Waals surface area (Å²) in [5.74, 6) is 1.14. The molecule has 1 aromatic heterocycles. The highest BCUT2D eigenvalue weighted by Gasteiger charge is 2.13. The molecule has 0 aliphatic heterocycles. The first-order valence-electron chi connectivity index (χ1n) is 5.81. The maximum Gasteiger partial charge on any atom is 0.225 e. The van der Waals surface area contributed by atoms with E-state index >= 15 is 0 Å². The number of halogens is 1. The predicted molar refractivity (Wildman–Crippen MR) is 69.8 cm³/mol. The monoisotopic (exact) mass is 249 g/mol. The van der Waals surface area contributed by atoms with Crippen molar-refractivity contribution < 1.29 is 0 Å². The first-order valence-corrected chi connectivity index (χ1v) is 6.19. The summed E-state index contributed by atoms with van der Waals surface area (Å²) in [7, 11) is 0. The van der Waals surface area contributed by atoms with E-state index in [4.69, 9.17) is 11.6 Å². The Hall–Kier alpha value is -1.35. The average Bonchev–Trinajstić information content (AvgIpc) is 2.71. The van der Waals surface area contributed by atoms with E-state index < -0.39 is 0 Å². The molecule has 0 saturated carbocycles. The lowest BCUT2D eigenvalue weighted by molar-refractivity contribution is 0.672. The van der Waals surface area contributed by atoms with E-state index in [1.54, 1.807) is 4.68 Å². The van der Waals surface area contributed by atoms with Crippen LogP contribution in [-0.4, -0.2) is 14.8 Å². The lowest BCUT2D eigenvalue weighted by Gasteiger charge is -2.03. The Bertz CT molecular complexity index is 502. The van der Waals surface area contributed by atoms with Crippen molar-refractivity contribution in [2.45, 2.75) is 33.1 Å². The van der Waals surface area contributed by atoms with Crippen LogP contribution in [0.5, 0.6) is 0 Å². The van der Waals surface area contributed by atoms with E-state index in [-0.39, 0.29) is 0 Å². The average molecular weight is 250 g/mol. The number of nitrogens with zero attached hydrogens (tertiary/aromatic N) is 3. The molecule has 1 aromatic carbocycles. The molecule has 0 saturated heterocycles. The van der Waals surface area contributed by atoms with Crippen LogP contribution in [0, 0.1) is 6.92 Å². The van der Waals surface area contributed by atoms with Gasteiger partial charge in [-0.25, -0.2) is 9.67 Å². The second kappa shape index (κ2) is 4.88. The second-order valence-electron chi connectivity index (χ2n) is 4.30. The fraction of sp³-hybridized carbons (Fsp3) is 0.385. The summed E-state index contributed by atoms with van der Waals surface area (Å²) in [6.07, 6.45) is 1.01. The molecule has 4 heteroatoms. The molecule has 0 spiro atoms. The molecule has 3 nitrogen and oxygen atoms in total. The molecule has 1 heterocycles. The summed E-state index contributed by atoms with van der Waals surface area (Å²) in [6, 6.07) is 8.07. The van der Waals surface area contributed by atoms with Gasteiger partial charge in [0.05, 0.1) is 5.69 Å². The maximum absolute atomic E-state index is 6.11. The number of aromatic nitrogens is 3. The van der Waals surface area contributed by atoms with E-state index in [1.165, 1.54) is 5.56 Å². The van der Waals surface area contributed by atoms with Gasteiger partial charge in [-0.3, -0.25) is 0 Å². The lowest BCUT2D eigenvalue weighted by atomic mass is 10.1. The van der Waals surface area contributed by atoms with Gasteiger partial charge < -0.3 is 0 Å². The van der Waals surface area contributed by atoms with Gasteiger partial charge in [-0.05, 0) is 37.1 Å². The third-order valence-electron chi connectivity index (χ3n) is 2.92. The number of hydrogen-bond acceptors (Lipinski definition) is 2. The van der Waals surface area contributed by atoms with E-state index in [1.807, 2.05) is 24.3 Å². The summed E-state index contributed by atoms with van der Waals surface area (Å²) in [4.78, 5) is 4.30. The Balaban J connectivity index is 2.39. The van der Waals surface area contributed by atoms with Crippen LogP contribution in [0.3, 0.4) is 0 Å². The summed E-state index contributed by atoms with van der Waals surface area (Å²) in [6.45, 7) is 6.27. The highest BCUT2D eigenvalue weighted by molar-refractivity contribution is 6.28. The maximum atomic E-state index is 6.11. The van der Waals surface area contributed by atoms with Gasteiger partial charge in [0.15, 0.2) is 5.82 Å². The Kier molecular flexibility index (Phi) is 3.48. The number of hydrogen-bond donors (Lipinski definition) is 0. The molecular formula is C13H16ClN3. The van der Waals surface area contributed by atoms with Gasteiger partial charge in [-0.1, -0.05) is 31.5 Å². The molecule has 0 amide bonds. The molecular weight excluding hydrogens is 234 g/mol. The summed E-state index contributed by atoms with van der Waals surface area (Å²) in [5.41, 5.74) is 2.16. The Labute approximate surface area is 106 Å². The molecule has 0 unspecified atom stereocenters. The molecule has 2 rings (SSSR count). The molecule has 2 aromatic rings. The van der Waals surface area contributed by atoms with Gasteiger partial charge in [0.25, 0.3) is 0 Å². The van der Waals surface area contributed by atoms with Crippen molar-refractivity contribution in [1.82, 2.24) is 14.8 Å². The predicted octanol–water partition coefficient (Wildman–Crippen LogP) is 3.74. The Morgan fingerprint density at radius 3 is 2.53 bits per heavy atom. The molecule has 0 aliphatic rings. The van der Waals surface area contributed by atoms with Crippen molar-refractivity contribution in [3.05, 3.63) is 40.9 Å². The molecule has 0 N–H and O–H groups in total. The van der Waals surface area contributed by atoms with Gasteiger partial charge in [0.2, 0.25) is 5.28 Å². The zero-order valence-electron chi connectivity index (χ0n) is 10.3. The van der Waals surface area contributed by atoms with Crippen LogP contribution >= 0.6 is 11.6 Å². The largest absolute Gasteiger partial charge is 0.225 e. The van der Waals surface area contributed by atoms with Crippen molar-refractivity contribution in [3.8, 4) is 5.69 Å². The lowest BCUT2D eigenvalue weighted by Crippen LogP contribution is -1.99. The quantitative estimate of drug-likeness (QED) is 0.830. The molecule has 0 bridgehead atoms. The van der Waals surface area contributed by atoms with Gasteiger partial charge in [0, 0.05) is 5.92 Å². The standard InChI is InChI=1S/C13H16ClN3/c1-4-10(3)12-15-13(14)17(16-12)11-7-5-9(2)6-8-11/h5-8,10H,4H2,1-3H3/t10-/m1/s1. The summed E-state index contributed by atoms with van der Waals surface area (Å²) >= 11 is 6.11. The summed E-state index contributed by atoms with van der Waals surface area (Å²) in [5, 5.41) is 4.87. The molecule has 0 radical (unpaired) electrons.